The topological polar surface area (TPSA) is 55.1 Å². The molecular formula is C26H24N2O2. The van der Waals surface area contributed by atoms with E-state index >= 15 is 0 Å². The van der Waals surface area contributed by atoms with E-state index in [0.717, 1.165) is 51.9 Å². The first-order valence-corrected chi connectivity index (χ1v) is 10.5. The predicted octanol–water partition coefficient (Wildman–Crippen LogP) is 6.92. The summed E-state index contributed by atoms with van der Waals surface area (Å²) in [5.74, 6) is 0.518. The molecule has 1 aliphatic carbocycles. The number of anilines is 2. The highest BCUT2D eigenvalue weighted by Crippen LogP contribution is 2.30. The number of rotatable bonds is 5. The minimum atomic E-state index is 0.219. The number of aryl methyl sites for hydroxylation is 1. The van der Waals surface area contributed by atoms with Crippen LogP contribution in [0.25, 0.3) is 22.2 Å². The lowest BCUT2D eigenvalue weighted by Crippen LogP contribution is -2.10. The summed E-state index contributed by atoms with van der Waals surface area (Å²) >= 11 is 0. The quantitative estimate of drug-likeness (QED) is 0.372. The van der Waals surface area contributed by atoms with Gasteiger partial charge in [-0.1, -0.05) is 55.3 Å². The second kappa shape index (κ2) is 7.79. The van der Waals surface area contributed by atoms with Gasteiger partial charge in [-0.05, 0) is 60.7 Å². The Hall–Kier alpha value is -3.40. The molecule has 4 aromatic rings. The van der Waals surface area contributed by atoms with Gasteiger partial charge in [-0.15, -0.1) is 0 Å². The molecule has 0 saturated heterocycles. The Morgan fingerprint density at radius 1 is 0.933 bits per heavy atom. The Morgan fingerprint density at radius 2 is 1.60 bits per heavy atom. The van der Waals surface area contributed by atoms with Crippen molar-refractivity contribution in [2.24, 2.45) is 5.92 Å². The van der Waals surface area contributed by atoms with Crippen LogP contribution in [0, 0.1) is 12.8 Å². The molecule has 0 bridgehead atoms. The van der Waals surface area contributed by atoms with E-state index in [1.54, 1.807) is 0 Å². The van der Waals surface area contributed by atoms with Gasteiger partial charge >= 0.3 is 0 Å². The fourth-order valence-corrected chi connectivity index (χ4v) is 4.21. The van der Waals surface area contributed by atoms with E-state index in [9.17, 15) is 4.79 Å². The van der Waals surface area contributed by atoms with Crippen LogP contribution in [0.4, 0.5) is 11.7 Å². The van der Waals surface area contributed by atoms with Gasteiger partial charge in [0, 0.05) is 17.2 Å². The molecule has 0 radical (unpaired) electrons. The number of fused-ring (bicyclic) bond motifs is 1. The number of aromatic nitrogens is 1. The molecule has 0 atom stereocenters. The fraction of sp³-hybridized carbons (Fsp3) is 0.231. The number of oxazole rings is 1. The van der Waals surface area contributed by atoms with E-state index < -0.39 is 0 Å². The maximum absolute atomic E-state index is 12.6. The molecule has 0 aliphatic heterocycles. The van der Waals surface area contributed by atoms with Crippen LogP contribution in [0.1, 0.15) is 41.6 Å². The molecule has 1 fully saturated rings. The Balaban J connectivity index is 1.29. The molecular weight excluding hydrogens is 372 g/mol. The summed E-state index contributed by atoms with van der Waals surface area (Å²) in [5.41, 5.74) is 6.71. The van der Waals surface area contributed by atoms with Crippen LogP contribution in [0.15, 0.2) is 71.1 Å². The maximum Gasteiger partial charge on any atom is 0.300 e. The highest BCUT2D eigenvalue weighted by molar-refractivity contribution is 5.98. The van der Waals surface area contributed by atoms with E-state index in [2.05, 4.69) is 22.4 Å². The van der Waals surface area contributed by atoms with Gasteiger partial charge in [0.2, 0.25) is 0 Å². The monoisotopic (exact) mass is 396 g/mol. The Morgan fingerprint density at radius 3 is 2.30 bits per heavy atom. The number of hydrogen-bond acceptors (Lipinski definition) is 4. The normalized spacial score (nSPS) is 14.3. The minimum absolute atomic E-state index is 0.219. The summed E-state index contributed by atoms with van der Waals surface area (Å²) in [4.78, 5) is 17.1. The minimum Gasteiger partial charge on any atom is -0.423 e. The average Bonchev–Trinajstić information content (AvgIpc) is 3.43. The van der Waals surface area contributed by atoms with E-state index in [4.69, 9.17) is 4.42 Å². The van der Waals surface area contributed by atoms with Crippen molar-refractivity contribution in [2.45, 2.75) is 32.6 Å². The lowest BCUT2D eigenvalue weighted by Gasteiger charge is -2.09. The third kappa shape index (κ3) is 3.73. The van der Waals surface area contributed by atoms with Gasteiger partial charge in [0.05, 0.1) is 0 Å². The summed E-state index contributed by atoms with van der Waals surface area (Å²) in [6, 6.07) is 22.6. The summed E-state index contributed by atoms with van der Waals surface area (Å²) in [6.07, 6.45) is 4.43. The van der Waals surface area contributed by atoms with Crippen molar-refractivity contribution < 1.29 is 9.21 Å². The number of hydrogen-bond donors (Lipinski definition) is 1. The molecule has 0 amide bonds. The molecule has 1 aromatic heterocycles. The van der Waals surface area contributed by atoms with Crippen LogP contribution in [0.5, 0.6) is 0 Å². The molecule has 4 heteroatoms. The number of carbonyl (C=O) groups excluding carboxylic acids is 1. The zero-order valence-corrected chi connectivity index (χ0v) is 17.0. The van der Waals surface area contributed by atoms with Crippen molar-refractivity contribution in [3.05, 3.63) is 77.9 Å². The first-order chi connectivity index (χ1) is 14.7. The molecule has 1 saturated carbocycles. The second-order valence-corrected chi connectivity index (χ2v) is 8.12. The average molecular weight is 396 g/mol. The van der Waals surface area contributed by atoms with Gasteiger partial charge in [0.15, 0.2) is 11.4 Å². The standard InChI is InChI=1S/C26H24N2O2/c1-17-6-15-23-24(16-17)30-26(28-23)27-22-13-11-19(12-14-22)18-7-9-21(10-8-18)25(29)20-4-2-3-5-20/h6-16,20H,2-5H2,1H3,(H,27,28). The number of benzene rings is 3. The zero-order valence-electron chi connectivity index (χ0n) is 17.0. The van der Waals surface area contributed by atoms with Gasteiger partial charge in [-0.3, -0.25) is 4.79 Å². The van der Waals surface area contributed by atoms with Gasteiger partial charge < -0.3 is 9.73 Å². The molecule has 0 unspecified atom stereocenters. The van der Waals surface area contributed by atoms with E-state index in [0.29, 0.717) is 11.8 Å². The van der Waals surface area contributed by atoms with Crippen molar-refractivity contribution in [3.63, 3.8) is 0 Å². The first kappa shape index (κ1) is 18.6. The Bertz CT molecular complexity index is 1180. The van der Waals surface area contributed by atoms with Crippen LogP contribution >= 0.6 is 0 Å². The van der Waals surface area contributed by atoms with E-state index in [1.807, 2.05) is 61.5 Å². The summed E-state index contributed by atoms with van der Waals surface area (Å²) in [6.45, 7) is 2.03. The van der Waals surface area contributed by atoms with E-state index in [-0.39, 0.29) is 5.92 Å². The van der Waals surface area contributed by atoms with Crippen molar-refractivity contribution in [2.75, 3.05) is 5.32 Å². The zero-order chi connectivity index (χ0) is 20.5. The molecule has 5 rings (SSSR count). The highest BCUT2D eigenvalue weighted by Gasteiger charge is 2.23. The Labute approximate surface area is 176 Å². The molecule has 1 heterocycles. The second-order valence-electron chi connectivity index (χ2n) is 8.12. The molecule has 3 aromatic carbocycles. The van der Waals surface area contributed by atoms with Crippen molar-refractivity contribution in [3.8, 4) is 11.1 Å². The lowest BCUT2D eigenvalue weighted by atomic mass is 9.94. The van der Waals surface area contributed by atoms with Crippen molar-refractivity contribution in [1.82, 2.24) is 4.98 Å². The molecule has 4 nitrogen and oxygen atoms in total. The third-order valence-electron chi connectivity index (χ3n) is 5.91. The van der Waals surface area contributed by atoms with Gasteiger partial charge in [-0.25, -0.2) is 0 Å². The smallest absolute Gasteiger partial charge is 0.300 e. The van der Waals surface area contributed by atoms with Crippen LogP contribution in [-0.4, -0.2) is 10.8 Å². The highest BCUT2D eigenvalue weighted by atomic mass is 16.4. The molecule has 150 valence electrons. The fourth-order valence-electron chi connectivity index (χ4n) is 4.21. The van der Waals surface area contributed by atoms with Gasteiger partial charge in [0.25, 0.3) is 6.01 Å². The molecule has 1 N–H and O–H groups in total. The largest absolute Gasteiger partial charge is 0.423 e. The SMILES string of the molecule is Cc1ccc2nc(Nc3ccc(-c4ccc(C(=O)C5CCCC5)cc4)cc3)oc2c1. The number of nitrogens with zero attached hydrogens (tertiary/aromatic N) is 1. The Kier molecular flexibility index (Phi) is 4.83. The number of carbonyl (C=O) groups is 1. The number of ketones is 1. The van der Waals surface area contributed by atoms with Crippen molar-refractivity contribution >= 4 is 28.6 Å². The summed E-state index contributed by atoms with van der Waals surface area (Å²) < 4.78 is 5.79. The van der Waals surface area contributed by atoms with Crippen LogP contribution in [0.3, 0.4) is 0 Å². The molecule has 0 spiro atoms. The van der Waals surface area contributed by atoms with E-state index in [1.165, 1.54) is 12.8 Å². The summed E-state index contributed by atoms with van der Waals surface area (Å²) in [7, 11) is 0. The number of nitrogens with one attached hydrogen (secondary N) is 1. The van der Waals surface area contributed by atoms with Gasteiger partial charge in [0.1, 0.15) is 5.52 Å². The van der Waals surface area contributed by atoms with Gasteiger partial charge in [-0.2, -0.15) is 4.98 Å². The van der Waals surface area contributed by atoms with Crippen molar-refractivity contribution in [1.29, 1.82) is 0 Å². The summed E-state index contributed by atoms with van der Waals surface area (Å²) in [5, 5.41) is 3.22. The lowest BCUT2D eigenvalue weighted by molar-refractivity contribution is 0.0923. The third-order valence-corrected chi connectivity index (χ3v) is 5.91. The maximum atomic E-state index is 12.6. The predicted molar refractivity (Wildman–Crippen MR) is 120 cm³/mol. The first-order valence-electron chi connectivity index (χ1n) is 10.5. The van der Waals surface area contributed by atoms with Crippen LogP contribution in [0.2, 0.25) is 0 Å². The number of Topliss-reactive ketones (excluding diaryl/α,β-unsaturated/α-hetero) is 1. The molecule has 1 aliphatic rings. The van der Waals surface area contributed by atoms with Crippen LogP contribution in [-0.2, 0) is 0 Å². The molecule has 30 heavy (non-hydrogen) atoms. The van der Waals surface area contributed by atoms with Crippen LogP contribution < -0.4 is 5.32 Å².